The monoisotopic (exact) mass is 327 g/mol. The van der Waals surface area contributed by atoms with Gasteiger partial charge < -0.3 is 14.5 Å². The number of pyridine rings is 1. The van der Waals surface area contributed by atoms with Crippen LogP contribution in [0.25, 0.3) is 10.9 Å². The van der Waals surface area contributed by atoms with Crippen molar-refractivity contribution in [2.24, 2.45) is 5.92 Å². The lowest BCUT2D eigenvalue weighted by molar-refractivity contribution is 0.0783. The second-order valence-corrected chi connectivity index (χ2v) is 6.91. The van der Waals surface area contributed by atoms with Crippen molar-refractivity contribution in [2.75, 3.05) is 34.3 Å². The van der Waals surface area contributed by atoms with Crippen LogP contribution in [-0.2, 0) is 0 Å². The molecule has 5 nitrogen and oxygen atoms in total. The maximum absolute atomic E-state index is 13.2. The molecule has 0 N–H and O–H groups in total. The number of likely N-dealkylation sites (N-methyl/N-ethyl adjacent to an activating group) is 1. The molecule has 3 rings (SSSR count). The van der Waals surface area contributed by atoms with Crippen LogP contribution in [0.5, 0.6) is 5.75 Å². The molecule has 1 aromatic carbocycles. The van der Waals surface area contributed by atoms with Gasteiger partial charge in [-0.05, 0) is 51.2 Å². The molecular weight excluding hydrogens is 302 g/mol. The van der Waals surface area contributed by atoms with E-state index in [-0.39, 0.29) is 5.91 Å². The average molecular weight is 327 g/mol. The maximum Gasteiger partial charge on any atom is 0.254 e. The number of carbonyl (C=O) groups is 1. The van der Waals surface area contributed by atoms with E-state index in [1.165, 1.54) is 0 Å². The number of likely N-dealkylation sites (tertiary alicyclic amines) is 1. The number of amides is 1. The minimum Gasteiger partial charge on any atom is -0.497 e. The summed E-state index contributed by atoms with van der Waals surface area (Å²) in [5.74, 6) is 1.28. The summed E-state index contributed by atoms with van der Waals surface area (Å²) in [4.78, 5) is 21.9. The van der Waals surface area contributed by atoms with Crippen molar-refractivity contribution in [3.8, 4) is 5.75 Å². The number of ether oxygens (including phenoxy) is 1. The van der Waals surface area contributed by atoms with Gasteiger partial charge in [0.15, 0.2) is 0 Å². The molecular formula is C19H25N3O2. The number of rotatable bonds is 3. The molecule has 5 heteroatoms. The zero-order valence-electron chi connectivity index (χ0n) is 15.0. The van der Waals surface area contributed by atoms with Crippen molar-refractivity contribution >= 4 is 16.8 Å². The summed E-state index contributed by atoms with van der Waals surface area (Å²) in [6.45, 7) is 5.68. The van der Waals surface area contributed by atoms with E-state index < -0.39 is 0 Å². The molecule has 2 heterocycles. The highest BCUT2D eigenvalue weighted by Gasteiger charge is 2.34. The van der Waals surface area contributed by atoms with Gasteiger partial charge >= 0.3 is 0 Å². The molecule has 0 bridgehead atoms. The Kier molecular flexibility index (Phi) is 4.45. The fraction of sp³-hybridized carbons (Fsp3) is 0.474. The van der Waals surface area contributed by atoms with Crippen LogP contribution >= 0.6 is 0 Å². The molecule has 0 saturated carbocycles. The molecule has 0 spiro atoms. The van der Waals surface area contributed by atoms with E-state index in [0.29, 0.717) is 17.5 Å². The first-order valence-electron chi connectivity index (χ1n) is 8.31. The van der Waals surface area contributed by atoms with Crippen molar-refractivity contribution in [3.63, 3.8) is 0 Å². The smallest absolute Gasteiger partial charge is 0.254 e. The average Bonchev–Trinajstić information content (AvgIpc) is 2.95. The van der Waals surface area contributed by atoms with Crippen LogP contribution in [0.3, 0.4) is 0 Å². The van der Waals surface area contributed by atoms with Crippen molar-refractivity contribution in [1.29, 1.82) is 0 Å². The Hall–Kier alpha value is -2.14. The standard InChI is InChI=1S/C19H25N3O2/c1-12-10-22(11-18(12)21(3)4)19(23)16-8-13(2)20-17-7-6-14(24-5)9-15(16)17/h6-9,12,18H,10-11H2,1-5H3/t12-,18+/m1/s1. The molecule has 0 unspecified atom stereocenters. The topological polar surface area (TPSA) is 45.7 Å². The lowest BCUT2D eigenvalue weighted by Crippen LogP contribution is -2.35. The van der Waals surface area contributed by atoms with Gasteiger partial charge in [-0.1, -0.05) is 6.92 Å². The third kappa shape index (κ3) is 2.96. The van der Waals surface area contributed by atoms with Gasteiger partial charge in [0.2, 0.25) is 0 Å². The molecule has 0 aliphatic carbocycles. The number of nitrogens with zero attached hydrogens (tertiary/aromatic N) is 3. The maximum atomic E-state index is 13.2. The van der Waals surface area contributed by atoms with E-state index in [1.807, 2.05) is 36.1 Å². The SMILES string of the molecule is COc1ccc2nc(C)cc(C(=O)N3C[C@@H](C)[C@@H](N(C)C)C3)c2c1. The predicted molar refractivity (Wildman–Crippen MR) is 95.6 cm³/mol. The normalized spacial score (nSPS) is 20.8. The summed E-state index contributed by atoms with van der Waals surface area (Å²) >= 11 is 0. The fourth-order valence-corrected chi connectivity index (χ4v) is 3.60. The van der Waals surface area contributed by atoms with Crippen LogP contribution in [0.1, 0.15) is 23.0 Å². The Labute approximate surface area is 143 Å². The molecule has 1 aromatic heterocycles. The van der Waals surface area contributed by atoms with E-state index >= 15 is 0 Å². The number of hydrogen-bond donors (Lipinski definition) is 0. The molecule has 1 aliphatic rings. The van der Waals surface area contributed by atoms with Gasteiger partial charge in [-0.3, -0.25) is 9.78 Å². The van der Waals surface area contributed by atoms with Gasteiger partial charge in [0.05, 0.1) is 18.2 Å². The van der Waals surface area contributed by atoms with Gasteiger partial charge in [-0.15, -0.1) is 0 Å². The van der Waals surface area contributed by atoms with Crippen LogP contribution in [0.15, 0.2) is 24.3 Å². The number of fused-ring (bicyclic) bond motifs is 1. The van der Waals surface area contributed by atoms with Gasteiger partial charge in [-0.25, -0.2) is 0 Å². The van der Waals surface area contributed by atoms with Crippen molar-refractivity contribution in [1.82, 2.24) is 14.8 Å². The van der Waals surface area contributed by atoms with Crippen molar-refractivity contribution in [3.05, 3.63) is 35.5 Å². The van der Waals surface area contributed by atoms with E-state index in [9.17, 15) is 4.79 Å². The second kappa shape index (κ2) is 6.40. The Balaban J connectivity index is 2.01. The third-order valence-electron chi connectivity index (χ3n) is 4.90. The molecule has 0 radical (unpaired) electrons. The lowest BCUT2D eigenvalue weighted by Gasteiger charge is -2.22. The molecule has 1 saturated heterocycles. The number of hydrogen-bond acceptors (Lipinski definition) is 4. The molecule has 1 aliphatic heterocycles. The summed E-state index contributed by atoms with van der Waals surface area (Å²) in [5, 5.41) is 0.853. The number of carbonyl (C=O) groups excluding carboxylic acids is 1. The van der Waals surface area contributed by atoms with Crippen molar-refractivity contribution in [2.45, 2.75) is 19.9 Å². The zero-order valence-corrected chi connectivity index (χ0v) is 15.0. The van der Waals surface area contributed by atoms with Crippen molar-refractivity contribution < 1.29 is 9.53 Å². The Bertz CT molecular complexity index is 773. The van der Waals surface area contributed by atoms with E-state index in [0.717, 1.165) is 35.4 Å². The van der Waals surface area contributed by atoms with Crippen LogP contribution in [0.2, 0.25) is 0 Å². The Morgan fingerprint density at radius 3 is 2.67 bits per heavy atom. The first kappa shape index (κ1) is 16.7. The molecule has 1 amide bonds. The van der Waals surface area contributed by atoms with Gasteiger partial charge in [-0.2, -0.15) is 0 Å². The largest absolute Gasteiger partial charge is 0.497 e. The molecule has 128 valence electrons. The summed E-state index contributed by atoms with van der Waals surface area (Å²) in [7, 11) is 5.78. The first-order chi connectivity index (χ1) is 11.4. The highest BCUT2D eigenvalue weighted by molar-refractivity contribution is 6.06. The summed E-state index contributed by atoms with van der Waals surface area (Å²) in [5.41, 5.74) is 2.39. The van der Waals surface area contributed by atoms with Crippen LogP contribution in [0, 0.1) is 12.8 Å². The summed E-state index contributed by atoms with van der Waals surface area (Å²) < 4.78 is 5.32. The third-order valence-corrected chi connectivity index (χ3v) is 4.90. The first-order valence-corrected chi connectivity index (χ1v) is 8.31. The van der Waals surface area contributed by atoms with Gasteiger partial charge in [0, 0.05) is 30.2 Å². The van der Waals surface area contributed by atoms with E-state index in [1.54, 1.807) is 7.11 Å². The minimum absolute atomic E-state index is 0.0787. The lowest BCUT2D eigenvalue weighted by atomic mass is 10.1. The summed E-state index contributed by atoms with van der Waals surface area (Å²) in [6, 6.07) is 7.98. The number of methoxy groups -OCH3 is 1. The second-order valence-electron chi connectivity index (χ2n) is 6.91. The summed E-state index contributed by atoms with van der Waals surface area (Å²) in [6.07, 6.45) is 0. The fourth-order valence-electron chi connectivity index (χ4n) is 3.60. The van der Waals surface area contributed by atoms with E-state index in [2.05, 4.69) is 30.9 Å². The quantitative estimate of drug-likeness (QED) is 0.869. The van der Waals surface area contributed by atoms with Crippen LogP contribution in [-0.4, -0.2) is 61.0 Å². The van der Waals surface area contributed by atoms with Crippen LogP contribution < -0.4 is 4.74 Å². The minimum atomic E-state index is 0.0787. The molecule has 2 atom stereocenters. The Morgan fingerprint density at radius 1 is 1.29 bits per heavy atom. The molecule has 1 fully saturated rings. The predicted octanol–water partition coefficient (Wildman–Crippen LogP) is 2.57. The number of aromatic nitrogens is 1. The number of aryl methyl sites for hydroxylation is 1. The van der Waals surface area contributed by atoms with Gasteiger partial charge in [0.25, 0.3) is 5.91 Å². The number of benzene rings is 1. The highest BCUT2D eigenvalue weighted by Crippen LogP contribution is 2.27. The molecule has 2 aromatic rings. The van der Waals surface area contributed by atoms with Crippen LogP contribution in [0.4, 0.5) is 0 Å². The van der Waals surface area contributed by atoms with E-state index in [4.69, 9.17) is 4.74 Å². The Morgan fingerprint density at radius 2 is 2.04 bits per heavy atom. The van der Waals surface area contributed by atoms with Gasteiger partial charge in [0.1, 0.15) is 5.75 Å². The molecule has 24 heavy (non-hydrogen) atoms. The highest BCUT2D eigenvalue weighted by atomic mass is 16.5. The zero-order chi connectivity index (χ0) is 17.4.